The second-order valence-electron chi connectivity index (χ2n) is 1.26. The van der Waals surface area contributed by atoms with E-state index in [0.29, 0.717) is 0 Å². The number of oxime groups is 2. The maximum atomic E-state index is 4.79. The van der Waals surface area contributed by atoms with Gasteiger partial charge in [-0.2, -0.15) is 0 Å². The van der Waals surface area contributed by atoms with Gasteiger partial charge in [-0.15, -0.1) is 0 Å². The van der Waals surface area contributed by atoms with Crippen molar-refractivity contribution < 1.29 is 7.84 Å². The van der Waals surface area contributed by atoms with Crippen molar-refractivity contribution in [2.75, 3.05) is 0 Å². The molecule has 0 aromatic heterocycles. The Hall–Kier alpha value is -0.671. The van der Waals surface area contributed by atoms with E-state index in [9.17, 15) is 0 Å². The van der Waals surface area contributed by atoms with E-state index in [2.05, 4.69) is 10.3 Å². The third-order valence-corrected chi connectivity index (χ3v) is 2.95. The summed E-state index contributed by atoms with van der Waals surface area (Å²) >= 11 is -1.45. The second-order valence-corrected chi connectivity index (χ2v) is 3.85. The van der Waals surface area contributed by atoms with Crippen molar-refractivity contribution in [1.82, 2.24) is 0 Å². The first-order valence-corrected chi connectivity index (χ1v) is 4.25. The van der Waals surface area contributed by atoms with Gasteiger partial charge < -0.3 is 0 Å². The van der Waals surface area contributed by atoms with Crippen LogP contribution in [0.3, 0.4) is 0 Å². The fourth-order valence-electron chi connectivity index (χ4n) is 0.444. The zero-order chi connectivity index (χ0) is 5.40. The van der Waals surface area contributed by atoms with Crippen molar-refractivity contribution >= 4 is 31.0 Å². The number of hydrogen-bond donors (Lipinski definition) is 0. The van der Waals surface area contributed by atoms with Crippen molar-refractivity contribution in [3.63, 3.8) is 0 Å². The van der Waals surface area contributed by atoms with Gasteiger partial charge in [0.15, 0.2) is 0 Å². The number of hydrogen-bond acceptors (Lipinski definition) is 4. The fourth-order valence-corrected chi connectivity index (χ4v) is 1.91. The van der Waals surface area contributed by atoms with Gasteiger partial charge >= 0.3 is 49.1 Å². The summed E-state index contributed by atoms with van der Waals surface area (Å²) in [5.74, 6) is 0. The second kappa shape index (κ2) is 1.40. The van der Waals surface area contributed by atoms with Crippen molar-refractivity contribution in [2.24, 2.45) is 10.3 Å². The summed E-state index contributed by atoms with van der Waals surface area (Å²) in [5.41, 5.74) is 0. The summed E-state index contributed by atoms with van der Waals surface area (Å²) in [7, 11) is 0. The Bertz CT molecular complexity index is 187. The van der Waals surface area contributed by atoms with Gasteiger partial charge in [-0.3, -0.25) is 0 Å². The van der Waals surface area contributed by atoms with Gasteiger partial charge in [0.1, 0.15) is 0 Å². The Morgan fingerprint density at radius 2 is 1.88 bits per heavy atom. The molecule has 0 aromatic rings. The molecule has 0 amide bonds. The Labute approximate surface area is 49.8 Å². The molecule has 2 aliphatic rings. The molecule has 0 bridgehead atoms. The molecule has 5 heteroatoms. The van der Waals surface area contributed by atoms with Crippen LogP contribution in [0.15, 0.2) is 10.3 Å². The quantitative estimate of drug-likeness (QED) is 0.457. The van der Waals surface area contributed by atoms with E-state index in [0.717, 1.165) is 4.42 Å². The zero-order valence-electron chi connectivity index (χ0n) is 3.77. The summed E-state index contributed by atoms with van der Waals surface area (Å²) in [5, 5.41) is 7.09. The van der Waals surface area contributed by atoms with Crippen LogP contribution in [0.2, 0.25) is 0 Å². The molecule has 4 nitrogen and oxygen atoms in total. The molecule has 0 radical (unpaired) electrons. The third-order valence-electron chi connectivity index (χ3n) is 0.774. The normalized spacial score (nSPS) is 23.2. The molecule has 2 rings (SSSR count). The van der Waals surface area contributed by atoms with Crippen LogP contribution in [-0.2, 0) is 7.84 Å². The molecule has 42 valence electrons. The van der Waals surface area contributed by atoms with Crippen LogP contribution in [-0.4, -0.2) is 31.0 Å². The predicted octanol–water partition coefficient (Wildman–Crippen LogP) is -0.739. The molecule has 0 fully saturated rings. The molecule has 8 heavy (non-hydrogen) atoms. The molecule has 0 saturated carbocycles. The Morgan fingerprint density at radius 1 is 1.25 bits per heavy atom. The van der Waals surface area contributed by atoms with Crippen molar-refractivity contribution in [3.05, 3.63) is 0 Å². The standard InChI is InChI=1S/C3H2N2O2Se/c1-3-2-5-7-8(3)6-4-1/h1-2H. The average Bonchev–Trinajstić information content (AvgIpc) is 2.15. The molecule has 0 unspecified atom stereocenters. The minimum atomic E-state index is -1.45. The van der Waals surface area contributed by atoms with E-state index >= 15 is 0 Å². The molecule has 0 N–H and O–H groups in total. The van der Waals surface area contributed by atoms with Gasteiger partial charge in [0.2, 0.25) is 0 Å². The zero-order valence-corrected chi connectivity index (χ0v) is 5.49. The molecular weight excluding hydrogens is 175 g/mol. The van der Waals surface area contributed by atoms with Crippen LogP contribution < -0.4 is 0 Å². The minimum absolute atomic E-state index is 1.00. The summed E-state index contributed by atoms with van der Waals surface area (Å²) in [6, 6.07) is 0. The molecule has 0 aromatic carbocycles. The summed E-state index contributed by atoms with van der Waals surface area (Å²) in [6.07, 6.45) is 3.28. The monoisotopic (exact) mass is 178 g/mol. The Morgan fingerprint density at radius 3 is 2.38 bits per heavy atom. The third kappa shape index (κ3) is 0.425. The first kappa shape index (κ1) is 4.23. The molecule has 0 spiro atoms. The van der Waals surface area contributed by atoms with E-state index in [-0.39, 0.29) is 0 Å². The van der Waals surface area contributed by atoms with E-state index < -0.39 is 14.1 Å². The maximum absolute atomic E-state index is 4.79. The number of nitrogens with zero attached hydrogens (tertiary/aromatic N) is 2. The molecule has 0 atom stereocenters. The SMILES string of the molecule is C1=NO[Se]2=C1C=NO2. The molecule has 0 saturated heterocycles. The summed E-state index contributed by atoms with van der Waals surface area (Å²) in [4.78, 5) is 0. The van der Waals surface area contributed by atoms with Gasteiger partial charge in [0.25, 0.3) is 0 Å². The van der Waals surface area contributed by atoms with E-state index in [1.165, 1.54) is 0 Å². The van der Waals surface area contributed by atoms with Gasteiger partial charge in [-0.1, -0.05) is 0 Å². The Balaban J connectivity index is 2.43. The van der Waals surface area contributed by atoms with Crippen molar-refractivity contribution in [1.29, 1.82) is 0 Å². The van der Waals surface area contributed by atoms with E-state index in [1.54, 1.807) is 12.4 Å². The summed E-state index contributed by atoms with van der Waals surface area (Å²) in [6.45, 7) is 0. The first-order valence-electron chi connectivity index (χ1n) is 2.00. The molecule has 2 aliphatic heterocycles. The van der Waals surface area contributed by atoms with Gasteiger partial charge in [-0.05, 0) is 0 Å². The van der Waals surface area contributed by atoms with Gasteiger partial charge in [0, 0.05) is 0 Å². The molecule has 2 heterocycles. The van der Waals surface area contributed by atoms with Crippen molar-refractivity contribution in [3.8, 4) is 0 Å². The van der Waals surface area contributed by atoms with Crippen LogP contribution in [0.25, 0.3) is 0 Å². The van der Waals surface area contributed by atoms with E-state index in [1.807, 2.05) is 0 Å². The van der Waals surface area contributed by atoms with Crippen LogP contribution in [0.1, 0.15) is 0 Å². The van der Waals surface area contributed by atoms with E-state index in [4.69, 9.17) is 7.84 Å². The average molecular weight is 177 g/mol. The van der Waals surface area contributed by atoms with Crippen LogP contribution >= 0.6 is 0 Å². The topological polar surface area (TPSA) is 43.2 Å². The van der Waals surface area contributed by atoms with Crippen LogP contribution in [0, 0.1) is 0 Å². The predicted molar refractivity (Wildman–Crippen MR) is 29.9 cm³/mol. The van der Waals surface area contributed by atoms with Crippen molar-refractivity contribution in [2.45, 2.75) is 0 Å². The molecular formula is C3H2N2O2Se. The first-order chi connectivity index (χ1) is 3.97. The number of rotatable bonds is 0. The summed E-state index contributed by atoms with van der Waals surface area (Å²) < 4.78 is 10.6. The van der Waals surface area contributed by atoms with Gasteiger partial charge in [-0.25, -0.2) is 0 Å². The Kier molecular flexibility index (Phi) is 0.741. The van der Waals surface area contributed by atoms with Gasteiger partial charge in [0.05, 0.1) is 0 Å². The fraction of sp³-hybridized carbons (Fsp3) is 0. The van der Waals surface area contributed by atoms with Crippen LogP contribution in [0.4, 0.5) is 0 Å². The molecule has 0 aliphatic carbocycles. The van der Waals surface area contributed by atoms with Crippen LogP contribution in [0.5, 0.6) is 0 Å².